The highest BCUT2D eigenvalue weighted by atomic mass is 32.1. The molecule has 0 spiro atoms. The Hall–Kier alpha value is -2.73. The van der Waals surface area contributed by atoms with Crippen LogP contribution in [0.1, 0.15) is 13.8 Å². The number of esters is 1. The van der Waals surface area contributed by atoms with E-state index in [1.165, 1.54) is 11.3 Å². The lowest BCUT2D eigenvalue weighted by molar-refractivity contribution is -0.137. The van der Waals surface area contributed by atoms with E-state index in [4.69, 9.17) is 4.74 Å². The largest absolute Gasteiger partial charge is 0.426 e. The topological polar surface area (TPSA) is 64.1 Å². The van der Waals surface area contributed by atoms with E-state index in [0.29, 0.717) is 5.75 Å². The molecule has 0 aliphatic rings. The van der Waals surface area contributed by atoms with Crippen LogP contribution in [0, 0.1) is 5.92 Å². The van der Waals surface area contributed by atoms with Crippen molar-refractivity contribution in [3.8, 4) is 17.1 Å². The van der Waals surface area contributed by atoms with Crippen molar-refractivity contribution in [3.05, 3.63) is 54.0 Å². The normalized spacial score (nSPS) is 10.6. The number of benzene rings is 1. The van der Waals surface area contributed by atoms with Crippen molar-refractivity contribution in [2.75, 3.05) is 5.32 Å². The van der Waals surface area contributed by atoms with E-state index in [-0.39, 0.29) is 11.9 Å². The van der Waals surface area contributed by atoms with Crippen molar-refractivity contribution >= 4 is 28.1 Å². The summed E-state index contributed by atoms with van der Waals surface area (Å²) in [5, 5.41) is 5.93. The number of hydrogen-bond acceptors (Lipinski definition) is 6. The van der Waals surface area contributed by atoms with Gasteiger partial charge in [-0.05, 0) is 24.3 Å². The van der Waals surface area contributed by atoms with Crippen LogP contribution in [0.3, 0.4) is 0 Å². The lowest BCUT2D eigenvalue weighted by Crippen LogP contribution is -2.14. The molecule has 0 atom stereocenters. The molecular formula is C18H17N3O2S. The first-order valence-corrected chi connectivity index (χ1v) is 8.45. The Morgan fingerprint density at radius 3 is 2.79 bits per heavy atom. The van der Waals surface area contributed by atoms with Gasteiger partial charge in [-0.3, -0.25) is 9.78 Å². The molecule has 0 radical (unpaired) electrons. The number of hydrogen-bond donors (Lipinski definition) is 1. The average molecular weight is 339 g/mol. The number of thiazole rings is 1. The molecule has 0 fully saturated rings. The Bertz CT molecular complexity index is 831. The Balaban J connectivity index is 1.73. The van der Waals surface area contributed by atoms with E-state index in [1.807, 2.05) is 35.7 Å². The van der Waals surface area contributed by atoms with E-state index in [1.54, 1.807) is 32.2 Å². The highest BCUT2D eigenvalue weighted by Gasteiger charge is 2.10. The van der Waals surface area contributed by atoms with E-state index in [2.05, 4.69) is 15.3 Å². The zero-order valence-electron chi connectivity index (χ0n) is 13.4. The van der Waals surface area contributed by atoms with E-state index in [9.17, 15) is 4.79 Å². The second-order valence-electron chi connectivity index (χ2n) is 5.48. The molecular weight excluding hydrogens is 322 g/mol. The predicted molar refractivity (Wildman–Crippen MR) is 95.5 cm³/mol. The number of anilines is 2. The van der Waals surface area contributed by atoms with Gasteiger partial charge in [-0.1, -0.05) is 26.0 Å². The molecule has 1 N–H and O–H groups in total. The SMILES string of the molecule is CC(C)C(=O)Oc1cccc(Nc2nc(-c3ccccn3)cs2)c1. The smallest absolute Gasteiger partial charge is 0.313 e. The van der Waals surface area contributed by atoms with Crippen LogP contribution in [0.4, 0.5) is 10.8 Å². The van der Waals surface area contributed by atoms with Crippen molar-refractivity contribution in [3.63, 3.8) is 0 Å². The van der Waals surface area contributed by atoms with Crippen LogP contribution in [0.15, 0.2) is 54.0 Å². The zero-order valence-corrected chi connectivity index (χ0v) is 14.2. The molecule has 0 saturated heterocycles. The van der Waals surface area contributed by atoms with Crippen molar-refractivity contribution in [1.29, 1.82) is 0 Å². The number of carbonyl (C=O) groups excluding carboxylic acids is 1. The van der Waals surface area contributed by atoms with Crippen LogP contribution in [0.5, 0.6) is 5.75 Å². The average Bonchev–Trinajstić information content (AvgIpc) is 3.04. The Labute approximate surface area is 144 Å². The maximum Gasteiger partial charge on any atom is 0.313 e. The Morgan fingerprint density at radius 1 is 1.17 bits per heavy atom. The number of pyridine rings is 1. The number of rotatable bonds is 5. The number of carbonyl (C=O) groups is 1. The van der Waals surface area contributed by atoms with E-state index in [0.717, 1.165) is 22.2 Å². The lowest BCUT2D eigenvalue weighted by Gasteiger charge is -2.08. The third-order valence-electron chi connectivity index (χ3n) is 3.21. The molecule has 0 aliphatic heterocycles. The van der Waals surface area contributed by atoms with Crippen LogP contribution in [-0.2, 0) is 4.79 Å². The molecule has 3 aromatic rings. The summed E-state index contributed by atoms with van der Waals surface area (Å²) >= 11 is 1.49. The third-order valence-corrected chi connectivity index (χ3v) is 3.96. The summed E-state index contributed by atoms with van der Waals surface area (Å²) in [5.41, 5.74) is 2.47. The first-order valence-electron chi connectivity index (χ1n) is 7.57. The van der Waals surface area contributed by atoms with Gasteiger partial charge in [-0.2, -0.15) is 0 Å². The fraction of sp³-hybridized carbons (Fsp3) is 0.167. The van der Waals surface area contributed by atoms with Gasteiger partial charge in [0.15, 0.2) is 5.13 Å². The molecule has 0 aliphatic carbocycles. The van der Waals surface area contributed by atoms with Crippen LogP contribution in [0.25, 0.3) is 11.4 Å². The minimum absolute atomic E-state index is 0.165. The van der Waals surface area contributed by atoms with Crippen molar-refractivity contribution in [2.24, 2.45) is 5.92 Å². The maximum absolute atomic E-state index is 11.7. The summed E-state index contributed by atoms with van der Waals surface area (Å²) in [6, 6.07) is 13.0. The number of nitrogens with one attached hydrogen (secondary N) is 1. The first-order chi connectivity index (χ1) is 11.6. The summed E-state index contributed by atoms with van der Waals surface area (Å²) in [7, 11) is 0. The predicted octanol–water partition coefficient (Wildman–Crippen LogP) is 4.51. The highest BCUT2D eigenvalue weighted by molar-refractivity contribution is 7.14. The van der Waals surface area contributed by atoms with Gasteiger partial charge in [0.05, 0.1) is 11.6 Å². The van der Waals surface area contributed by atoms with Gasteiger partial charge in [0, 0.05) is 23.3 Å². The minimum atomic E-state index is -0.251. The summed E-state index contributed by atoms with van der Waals surface area (Å²) in [6.45, 7) is 3.61. The van der Waals surface area contributed by atoms with Crippen LogP contribution >= 0.6 is 11.3 Å². The van der Waals surface area contributed by atoms with Gasteiger partial charge >= 0.3 is 5.97 Å². The van der Waals surface area contributed by atoms with Crippen LogP contribution in [-0.4, -0.2) is 15.9 Å². The van der Waals surface area contributed by atoms with Crippen molar-refractivity contribution in [1.82, 2.24) is 9.97 Å². The standard InChI is InChI=1S/C18H17N3O2S/c1-12(2)17(22)23-14-7-5-6-13(10-14)20-18-21-16(11-24-18)15-8-3-4-9-19-15/h3-12H,1-2H3,(H,20,21). The number of aromatic nitrogens is 2. The second-order valence-corrected chi connectivity index (χ2v) is 6.34. The third kappa shape index (κ3) is 3.97. The van der Waals surface area contributed by atoms with Crippen molar-refractivity contribution < 1.29 is 9.53 Å². The molecule has 24 heavy (non-hydrogen) atoms. The molecule has 122 valence electrons. The Kier molecular flexibility index (Phi) is 4.86. The van der Waals surface area contributed by atoms with Crippen molar-refractivity contribution in [2.45, 2.75) is 13.8 Å². The van der Waals surface area contributed by atoms with Gasteiger partial charge in [-0.15, -0.1) is 11.3 Å². The van der Waals surface area contributed by atoms with E-state index >= 15 is 0 Å². The molecule has 3 rings (SSSR count). The quantitative estimate of drug-likeness (QED) is 0.547. The van der Waals surface area contributed by atoms with Gasteiger partial charge in [0.2, 0.25) is 0 Å². The fourth-order valence-corrected chi connectivity index (χ4v) is 2.68. The van der Waals surface area contributed by atoms with Gasteiger partial charge < -0.3 is 10.1 Å². The first kappa shape index (κ1) is 16.1. The molecule has 0 unspecified atom stereocenters. The molecule has 1 aromatic carbocycles. The summed E-state index contributed by atoms with van der Waals surface area (Å²) in [4.78, 5) is 20.5. The summed E-state index contributed by atoms with van der Waals surface area (Å²) in [6.07, 6.45) is 1.74. The van der Waals surface area contributed by atoms with Gasteiger partial charge in [0.1, 0.15) is 11.4 Å². The molecule has 2 aromatic heterocycles. The summed E-state index contributed by atoms with van der Waals surface area (Å²) in [5.74, 6) is 0.0977. The molecule has 0 saturated carbocycles. The summed E-state index contributed by atoms with van der Waals surface area (Å²) < 4.78 is 5.32. The minimum Gasteiger partial charge on any atom is -0.426 e. The zero-order chi connectivity index (χ0) is 16.9. The maximum atomic E-state index is 11.7. The molecule has 5 nitrogen and oxygen atoms in total. The lowest BCUT2D eigenvalue weighted by atomic mass is 10.2. The molecule has 2 heterocycles. The van der Waals surface area contributed by atoms with E-state index < -0.39 is 0 Å². The molecule has 0 amide bonds. The highest BCUT2D eigenvalue weighted by Crippen LogP contribution is 2.27. The number of ether oxygens (including phenoxy) is 1. The van der Waals surface area contributed by atoms with Gasteiger partial charge in [-0.25, -0.2) is 4.98 Å². The second kappa shape index (κ2) is 7.23. The Morgan fingerprint density at radius 2 is 2.04 bits per heavy atom. The molecule has 6 heteroatoms. The van der Waals surface area contributed by atoms with Crippen LogP contribution < -0.4 is 10.1 Å². The van der Waals surface area contributed by atoms with Crippen LogP contribution in [0.2, 0.25) is 0 Å². The van der Waals surface area contributed by atoms with Gasteiger partial charge in [0.25, 0.3) is 0 Å². The molecule has 0 bridgehead atoms. The monoisotopic (exact) mass is 339 g/mol. The number of nitrogens with zero attached hydrogens (tertiary/aromatic N) is 2. The fourth-order valence-electron chi connectivity index (χ4n) is 1.96.